The van der Waals surface area contributed by atoms with Crippen LogP contribution < -0.4 is 4.74 Å². The van der Waals surface area contributed by atoms with Crippen molar-refractivity contribution in [2.24, 2.45) is 0 Å². The van der Waals surface area contributed by atoms with E-state index in [9.17, 15) is 0 Å². The van der Waals surface area contributed by atoms with Gasteiger partial charge in [0.1, 0.15) is 0 Å². The molecule has 0 saturated carbocycles. The van der Waals surface area contributed by atoms with E-state index in [0.29, 0.717) is 11.8 Å². The maximum Gasteiger partial charge on any atom is 0.313 e. The lowest BCUT2D eigenvalue weighted by molar-refractivity contribution is 0.335. The topological polar surface area (TPSA) is 47.9 Å². The molecule has 0 amide bonds. The molecule has 0 aliphatic carbocycles. The lowest BCUT2D eigenvalue weighted by Gasteiger charge is -1.89. The largest absolute Gasteiger partial charge is 0.468 e. The number of ether oxygens (including phenoxy) is 1. The van der Waals surface area contributed by atoms with Crippen LogP contribution in [0.3, 0.4) is 0 Å². The predicted molar refractivity (Wildman–Crippen MR) is 28.9 cm³/mol. The molecule has 1 aromatic rings. The highest BCUT2D eigenvalue weighted by Crippen LogP contribution is 2.06. The minimum absolute atomic E-state index is 0.535. The highest BCUT2D eigenvalue weighted by atomic mass is 32.1. The smallest absolute Gasteiger partial charge is 0.313 e. The summed E-state index contributed by atoms with van der Waals surface area (Å²) < 4.78 is 8.42. The van der Waals surface area contributed by atoms with Gasteiger partial charge in [0.15, 0.2) is 0 Å². The number of aromatic nitrogens is 3. The van der Waals surface area contributed by atoms with Gasteiger partial charge in [0.2, 0.25) is 0 Å². The van der Waals surface area contributed by atoms with Crippen LogP contribution >= 0.6 is 11.5 Å². The Kier molecular flexibility index (Phi) is 1.74. The Hall–Kier alpha value is -0.710. The van der Waals surface area contributed by atoms with Crippen LogP contribution in [-0.2, 0) is 0 Å². The fraction of sp³-hybridized carbons (Fsp3) is 0.667. The average Bonchev–Trinajstić information content (AvgIpc) is 2.19. The SMILES string of the molecule is CCOc1nnns1. The Labute approximate surface area is 50.7 Å². The van der Waals surface area contributed by atoms with Gasteiger partial charge in [0, 0.05) is 11.5 Å². The maximum atomic E-state index is 4.93. The molecular weight excluding hydrogens is 126 g/mol. The van der Waals surface area contributed by atoms with E-state index in [1.807, 2.05) is 6.92 Å². The highest BCUT2D eigenvalue weighted by molar-refractivity contribution is 7.07. The van der Waals surface area contributed by atoms with E-state index in [1.54, 1.807) is 0 Å². The van der Waals surface area contributed by atoms with E-state index in [0.717, 1.165) is 11.5 Å². The first-order valence-corrected chi connectivity index (χ1v) is 2.98. The molecule has 0 radical (unpaired) electrons. The first-order valence-electron chi connectivity index (χ1n) is 2.21. The molecule has 1 heterocycles. The van der Waals surface area contributed by atoms with Crippen LogP contribution in [0.1, 0.15) is 6.92 Å². The van der Waals surface area contributed by atoms with Crippen LogP contribution in [0.15, 0.2) is 0 Å². The van der Waals surface area contributed by atoms with Crippen LogP contribution in [0.4, 0.5) is 0 Å². The fourth-order valence-electron chi connectivity index (χ4n) is 0.305. The summed E-state index contributed by atoms with van der Waals surface area (Å²) in [5.41, 5.74) is 0. The summed E-state index contributed by atoms with van der Waals surface area (Å²) in [5.74, 6) is 0. The first kappa shape index (κ1) is 5.43. The molecule has 8 heavy (non-hydrogen) atoms. The summed E-state index contributed by atoms with van der Waals surface area (Å²) in [6.07, 6.45) is 0. The third-order valence-corrected chi connectivity index (χ3v) is 1.06. The summed E-state index contributed by atoms with van der Waals surface area (Å²) in [6.45, 7) is 2.51. The van der Waals surface area contributed by atoms with Gasteiger partial charge in [-0.05, 0) is 12.1 Å². The molecule has 0 spiro atoms. The van der Waals surface area contributed by atoms with Gasteiger partial charge in [-0.2, -0.15) is 0 Å². The van der Waals surface area contributed by atoms with Gasteiger partial charge in [0.25, 0.3) is 0 Å². The summed E-state index contributed by atoms with van der Waals surface area (Å²) >= 11 is 1.15. The van der Waals surface area contributed by atoms with Gasteiger partial charge in [-0.25, -0.2) is 0 Å². The van der Waals surface area contributed by atoms with Gasteiger partial charge < -0.3 is 4.74 Å². The number of nitrogens with zero attached hydrogens (tertiary/aromatic N) is 3. The molecule has 0 atom stereocenters. The van der Waals surface area contributed by atoms with Gasteiger partial charge in [-0.15, -0.1) is 0 Å². The average molecular weight is 131 g/mol. The molecule has 0 saturated heterocycles. The first-order chi connectivity index (χ1) is 3.93. The summed E-state index contributed by atoms with van der Waals surface area (Å²) in [7, 11) is 0. The third kappa shape index (κ3) is 1.13. The van der Waals surface area contributed by atoms with Crippen molar-refractivity contribution >= 4 is 11.5 Å². The van der Waals surface area contributed by atoms with Gasteiger partial charge in [-0.1, -0.05) is 9.59 Å². The summed E-state index contributed by atoms with van der Waals surface area (Å²) in [5, 5.41) is 7.41. The second kappa shape index (κ2) is 2.56. The minimum Gasteiger partial charge on any atom is -0.468 e. The molecule has 1 aromatic heterocycles. The number of hydrogen-bond acceptors (Lipinski definition) is 5. The Morgan fingerprint density at radius 3 is 3.12 bits per heavy atom. The monoisotopic (exact) mass is 131 g/mol. The van der Waals surface area contributed by atoms with Crippen molar-refractivity contribution < 1.29 is 4.74 Å². The Bertz CT molecular complexity index is 140. The van der Waals surface area contributed by atoms with E-state index in [1.165, 1.54) is 0 Å². The zero-order valence-electron chi connectivity index (χ0n) is 4.37. The third-order valence-electron chi connectivity index (χ3n) is 0.550. The van der Waals surface area contributed by atoms with Crippen LogP contribution in [0.25, 0.3) is 0 Å². The molecule has 0 unspecified atom stereocenters. The molecule has 4 nitrogen and oxygen atoms in total. The second-order valence-electron chi connectivity index (χ2n) is 1.06. The van der Waals surface area contributed by atoms with Crippen molar-refractivity contribution in [2.45, 2.75) is 6.92 Å². The van der Waals surface area contributed by atoms with Crippen LogP contribution in [-0.4, -0.2) is 21.4 Å². The molecule has 1 rings (SSSR count). The van der Waals surface area contributed by atoms with Crippen molar-refractivity contribution in [3.63, 3.8) is 0 Å². The Balaban J connectivity index is 2.50. The molecule has 0 N–H and O–H groups in total. The lowest BCUT2D eigenvalue weighted by atomic mass is 10.9. The van der Waals surface area contributed by atoms with E-state index in [-0.39, 0.29) is 0 Å². The standard InChI is InChI=1S/C3H5N3OS/c1-2-7-3-4-5-6-8-3/h2H2,1H3. The minimum atomic E-state index is 0.535. The summed E-state index contributed by atoms with van der Waals surface area (Å²) in [6, 6.07) is 0. The molecule has 0 aliphatic heterocycles. The number of hydrogen-bond donors (Lipinski definition) is 0. The highest BCUT2D eigenvalue weighted by Gasteiger charge is 1.92. The van der Waals surface area contributed by atoms with Crippen molar-refractivity contribution in [1.82, 2.24) is 14.8 Å². The molecular formula is C3H5N3OS. The van der Waals surface area contributed by atoms with E-state index in [4.69, 9.17) is 4.74 Å². The maximum absolute atomic E-state index is 4.93. The second-order valence-corrected chi connectivity index (χ2v) is 1.76. The molecule has 0 aromatic carbocycles. The normalized spacial score (nSPS) is 9.12. The molecule has 0 bridgehead atoms. The molecule has 0 fully saturated rings. The van der Waals surface area contributed by atoms with E-state index >= 15 is 0 Å². The zero-order chi connectivity index (χ0) is 5.82. The van der Waals surface area contributed by atoms with E-state index in [2.05, 4.69) is 14.8 Å². The van der Waals surface area contributed by atoms with Gasteiger partial charge in [-0.3, -0.25) is 0 Å². The van der Waals surface area contributed by atoms with Crippen molar-refractivity contribution in [2.75, 3.05) is 6.61 Å². The van der Waals surface area contributed by atoms with Crippen LogP contribution in [0, 0.1) is 0 Å². The van der Waals surface area contributed by atoms with Gasteiger partial charge >= 0.3 is 5.19 Å². The molecule has 0 aliphatic rings. The lowest BCUT2D eigenvalue weighted by Crippen LogP contribution is -1.89. The van der Waals surface area contributed by atoms with Gasteiger partial charge in [0.05, 0.1) is 6.61 Å². The Morgan fingerprint density at radius 1 is 1.75 bits per heavy atom. The van der Waals surface area contributed by atoms with Crippen LogP contribution in [0.2, 0.25) is 0 Å². The van der Waals surface area contributed by atoms with Crippen LogP contribution in [0.5, 0.6) is 5.19 Å². The molecule has 44 valence electrons. The van der Waals surface area contributed by atoms with Crippen molar-refractivity contribution in [3.05, 3.63) is 0 Å². The van der Waals surface area contributed by atoms with Crippen molar-refractivity contribution in [3.8, 4) is 5.19 Å². The number of rotatable bonds is 2. The molecule has 5 heteroatoms. The predicted octanol–water partition coefficient (Wildman–Crippen LogP) is 0.332. The quantitative estimate of drug-likeness (QED) is 0.580. The summed E-state index contributed by atoms with van der Waals surface area (Å²) in [4.78, 5) is 0. The fourth-order valence-corrected chi connectivity index (χ4v) is 0.691. The Morgan fingerprint density at radius 2 is 2.62 bits per heavy atom. The van der Waals surface area contributed by atoms with E-state index < -0.39 is 0 Å². The zero-order valence-corrected chi connectivity index (χ0v) is 5.18. The van der Waals surface area contributed by atoms with Crippen molar-refractivity contribution in [1.29, 1.82) is 0 Å².